The number of carbonyl (C=O) groups is 9. The Morgan fingerprint density at radius 3 is 2.01 bits per heavy atom. The van der Waals surface area contributed by atoms with E-state index in [4.69, 9.17) is 45.5 Å². The Hall–Kier alpha value is -7.00. The van der Waals surface area contributed by atoms with Crippen molar-refractivity contribution in [3.63, 3.8) is 0 Å². The molecule has 420 valence electrons. The molecule has 0 bridgehead atoms. The third kappa shape index (κ3) is 22.6. The summed E-state index contributed by atoms with van der Waals surface area (Å²) in [6, 6.07) is -8.56. The van der Waals surface area contributed by atoms with Gasteiger partial charge in [0.2, 0.25) is 35.4 Å². The maximum Gasteiger partial charge on any atom is 0.352 e. The van der Waals surface area contributed by atoms with Gasteiger partial charge in [0.15, 0.2) is 5.96 Å². The van der Waals surface area contributed by atoms with Gasteiger partial charge in [0, 0.05) is 44.5 Å². The number of aromatic nitrogens is 2. The number of guanidine groups is 1. The summed E-state index contributed by atoms with van der Waals surface area (Å²) >= 11 is 0. The predicted molar refractivity (Wildman–Crippen MR) is 271 cm³/mol. The first-order valence-corrected chi connectivity index (χ1v) is 24.5. The van der Waals surface area contributed by atoms with Gasteiger partial charge < -0.3 is 103 Å². The topological polar surface area (TPSA) is 549 Å². The molecule has 8 amide bonds. The fourth-order valence-corrected chi connectivity index (χ4v) is 7.44. The average molecular weight is 1060 g/mol. The number of aliphatic hydroxyl groups is 2. The van der Waals surface area contributed by atoms with Crippen molar-refractivity contribution in [3.8, 4) is 0 Å². The molecule has 1 fully saturated rings. The van der Waals surface area contributed by atoms with Gasteiger partial charge in [-0.3, -0.25) is 43.8 Å². The van der Waals surface area contributed by atoms with Gasteiger partial charge in [0.25, 0.3) is 11.8 Å². The summed E-state index contributed by atoms with van der Waals surface area (Å²) in [5.41, 5.74) is 38.8. The minimum absolute atomic E-state index is 0.0212. The Morgan fingerprint density at radius 1 is 0.800 bits per heavy atom. The molecule has 75 heavy (non-hydrogen) atoms. The summed E-state index contributed by atoms with van der Waals surface area (Å²) in [6.07, 6.45) is 2.96. The van der Waals surface area contributed by atoms with Crippen molar-refractivity contribution >= 4 is 64.9 Å². The van der Waals surface area contributed by atoms with Gasteiger partial charge in [0.05, 0.1) is 31.1 Å². The van der Waals surface area contributed by atoms with Crippen molar-refractivity contribution in [2.75, 3.05) is 52.4 Å². The Balaban J connectivity index is 2.32. The van der Waals surface area contributed by atoms with Gasteiger partial charge in [-0.1, -0.05) is 12.5 Å². The maximum atomic E-state index is 14.2. The molecular formula is C44H77N19O12. The van der Waals surface area contributed by atoms with E-state index >= 15 is 0 Å². The molecule has 1 aromatic rings. The number of unbranched alkanes of at least 4 members (excludes halogenated alkanes) is 2. The van der Waals surface area contributed by atoms with Crippen LogP contribution < -0.4 is 77.4 Å². The lowest BCUT2D eigenvalue weighted by Crippen LogP contribution is -2.63. The highest BCUT2D eigenvalue weighted by Crippen LogP contribution is 2.20. The Kier molecular flexibility index (Phi) is 29.5. The van der Waals surface area contributed by atoms with Crippen LogP contribution in [0.3, 0.4) is 0 Å². The standard InChI is InChI=1S/C44H77N19O12/c45-13-3-1-8-25(50)36(67)61-35(32(65)20-49)41(72)62-34(31(64)19-48)40(71)55-22-33(66)57-27(10-5-15-47)42(73)63-17-7-12-30(63)39(70)60-29(18-24-21-53-23-56-24)38(69)58-26(9-2-4-14-46)37(68)59-28(43(74)75)11-6-16-54-44(51)52/h11,21,23,25-26,29-32,34-35,64-65H,1-10,12-20,22,45-50H2,(H,53,56)(H,55,71)(H,58,69)(H,59,68)(H,60,70)(H,61,67)(H,62,72)(H,74,75)(H4,51,52,54)/b28-11-,57-27+/t25-,26-,29-,30-,31-,32-,34-,35-/m0/s1. The number of aliphatic carboxylic acids is 1. The molecule has 31 heteroatoms. The molecule has 26 N–H and O–H groups in total. The first kappa shape index (κ1) is 64.1. The van der Waals surface area contributed by atoms with Gasteiger partial charge in [-0.25, -0.2) is 14.8 Å². The van der Waals surface area contributed by atoms with Gasteiger partial charge >= 0.3 is 5.97 Å². The van der Waals surface area contributed by atoms with Crippen LogP contribution in [0.2, 0.25) is 0 Å². The van der Waals surface area contributed by atoms with Crippen LogP contribution in [0.4, 0.5) is 0 Å². The number of carbonyl (C=O) groups excluding carboxylic acids is 8. The average Bonchev–Trinajstić information content (AvgIpc) is 4.10. The van der Waals surface area contributed by atoms with Crippen molar-refractivity contribution in [1.82, 2.24) is 52.1 Å². The van der Waals surface area contributed by atoms with Crippen molar-refractivity contribution in [3.05, 3.63) is 30.0 Å². The molecule has 1 aliphatic heterocycles. The molecule has 0 saturated carbocycles. The number of imidazole rings is 1. The van der Waals surface area contributed by atoms with Crippen molar-refractivity contribution < 1.29 is 58.5 Å². The van der Waals surface area contributed by atoms with Crippen LogP contribution in [0.1, 0.15) is 76.3 Å². The summed E-state index contributed by atoms with van der Waals surface area (Å²) in [5.74, 6) is -9.33. The number of nitrogens with one attached hydrogen (secondary N) is 9. The second-order valence-electron chi connectivity index (χ2n) is 17.4. The summed E-state index contributed by atoms with van der Waals surface area (Å²) in [4.78, 5) is 133. The number of aliphatic imine (C=N–C) groups is 1. The number of H-pyrrole nitrogens is 1. The number of nitrogens with zero attached hydrogens (tertiary/aromatic N) is 3. The smallest absolute Gasteiger partial charge is 0.352 e. The highest BCUT2D eigenvalue weighted by atomic mass is 16.4. The van der Waals surface area contributed by atoms with Crippen molar-refractivity contribution in [2.24, 2.45) is 45.1 Å². The Morgan fingerprint density at radius 2 is 1.43 bits per heavy atom. The summed E-state index contributed by atoms with van der Waals surface area (Å²) in [7, 11) is 0. The van der Waals surface area contributed by atoms with Crippen LogP contribution in [-0.2, 0) is 49.6 Å². The Bertz CT molecular complexity index is 2130. The second-order valence-corrected chi connectivity index (χ2v) is 17.4. The minimum atomic E-state index is -1.85. The summed E-state index contributed by atoms with van der Waals surface area (Å²) < 4.78 is 0. The van der Waals surface area contributed by atoms with E-state index in [0.29, 0.717) is 44.3 Å². The number of rotatable bonds is 35. The maximum absolute atomic E-state index is 14.2. The fourth-order valence-electron chi connectivity index (χ4n) is 7.44. The van der Waals surface area contributed by atoms with E-state index in [9.17, 15) is 58.5 Å². The van der Waals surface area contributed by atoms with Gasteiger partial charge in [0.1, 0.15) is 41.6 Å². The molecule has 31 nitrogen and oxygen atoms in total. The van der Waals surface area contributed by atoms with Crippen LogP contribution in [0.5, 0.6) is 0 Å². The molecule has 1 aromatic heterocycles. The number of carboxylic acids is 1. The third-order valence-corrected chi connectivity index (χ3v) is 11.6. The minimum Gasteiger partial charge on any atom is -0.477 e. The molecule has 0 spiro atoms. The quantitative estimate of drug-likeness (QED) is 0.0130. The van der Waals surface area contributed by atoms with E-state index in [2.05, 4.69) is 52.2 Å². The molecule has 0 radical (unpaired) electrons. The molecule has 0 unspecified atom stereocenters. The molecule has 0 aromatic carbocycles. The van der Waals surface area contributed by atoms with Crippen LogP contribution >= 0.6 is 0 Å². The normalized spacial score (nSPS) is 16.5. The number of aromatic amines is 1. The van der Waals surface area contributed by atoms with Crippen LogP contribution in [-0.4, -0.2) is 196 Å². The van der Waals surface area contributed by atoms with Crippen LogP contribution in [0, 0.1) is 5.41 Å². The lowest BCUT2D eigenvalue weighted by molar-refractivity contribution is -0.137. The monoisotopic (exact) mass is 1060 g/mol. The molecule has 2 rings (SSSR count). The largest absolute Gasteiger partial charge is 0.477 e. The highest BCUT2D eigenvalue weighted by Gasteiger charge is 2.39. The van der Waals surface area contributed by atoms with Crippen molar-refractivity contribution in [1.29, 1.82) is 5.41 Å². The first-order valence-electron chi connectivity index (χ1n) is 24.5. The summed E-state index contributed by atoms with van der Waals surface area (Å²) in [6.45, 7) is -1.18. The van der Waals surface area contributed by atoms with E-state index in [1.54, 1.807) is 0 Å². The lowest BCUT2D eigenvalue weighted by atomic mass is 10.1. The zero-order valence-electron chi connectivity index (χ0n) is 41.9. The number of likely N-dealkylation sites (tertiary alicyclic amines) is 1. The van der Waals surface area contributed by atoms with E-state index in [0.717, 1.165) is 4.90 Å². The zero-order valence-corrected chi connectivity index (χ0v) is 41.9. The zero-order chi connectivity index (χ0) is 56.0. The second kappa shape index (κ2) is 34.5. The van der Waals surface area contributed by atoms with Gasteiger partial charge in [-0.15, -0.1) is 0 Å². The van der Waals surface area contributed by atoms with Gasteiger partial charge in [-0.2, -0.15) is 0 Å². The number of nitrogens with two attached hydrogens (primary N) is 7. The fraction of sp³-hybridized carbons (Fsp3) is 0.636. The molecule has 8 atom stereocenters. The third-order valence-electron chi connectivity index (χ3n) is 11.6. The van der Waals surface area contributed by atoms with Crippen molar-refractivity contribution in [2.45, 2.75) is 126 Å². The van der Waals surface area contributed by atoms with E-state index in [1.807, 2.05) is 0 Å². The van der Waals surface area contributed by atoms with E-state index in [1.165, 1.54) is 18.6 Å². The molecule has 1 saturated heterocycles. The number of hydrogen-bond acceptors (Lipinski definition) is 19. The van der Waals surface area contributed by atoms with Crippen LogP contribution in [0.15, 0.2) is 29.3 Å². The molecular weight excluding hydrogens is 987 g/mol. The number of amides is 8. The van der Waals surface area contributed by atoms with Crippen LogP contribution in [0.25, 0.3) is 0 Å². The SMILES string of the molecule is N=C(N)NCC/C=C(\NC(=O)[C@H](CCCCN)NC(=O)[C@H](Cc1cnc[nH]1)NC(=O)[C@@H]1CCCN1C(=O)/C(CCCN)=N/C(=O)CNC(=O)[C@@H](NC(=O)[C@@H](NC(=O)[C@@H](N)CCCCN)[C@@H](O)CN)[C@@H](O)CN)C(=O)O. The number of aliphatic hydroxyl groups excluding tert-OH is 2. The molecule has 0 aliphatic carbocycles. The van der Waals surface area contributed by atoms with Gasteiger partial charge in [-0.05, 0) is 83.8 Å². The molecule has 1 aliphatic rings. The highest BCUT2D eigenvalue weighted by molar-refractivity contribution is 6.40. The van der Waals surface area contributed by atoms with E-state index < -0.39 is 127 Å². The molecule has 2 heterocycles. The van der Waals surface area contributed by atoms with E-state index in [-0.39, 0.29) is 82.8 Å². The summed E-state index contributed by atoms with van der Waals surface area (Å²) in [5, 5.41) is 55.0. The first-order chi connectivity index (χ1) is 35.7. The number of hydrogen-bond donors (Lipinski definition) is 19. The number of carboxylic acid groups (broad SMARTS) is 1. The lowest BCUT2D eigenvalue weighted by Gasteiger charge is -2.28. The predicted octanol–water partition coefficient (Wildman–Crippen LogP) is -8.11. The Labute approximate surface area is 433 Å².